The second-order valence-corrected chi connectivity index (χ2v) is 9.77. The normalized spacial score (nSPS) is 15.6. The predicted octanol–water partition coefficient (Wildman–Crippen LogP) is 3.71. The summed E-state index contributed by atoms with van der Waals surface area (Å²) >= 11 is 1.33. The molecule has 0 saturated carbocycles. The fourth-order valence-electron chi connectivity index (χ4n) is 4.53. The van der Waals surface area contributed by atoms with Crippen LogP contribution in [0.1, 0.15) is 42.3 Å². The molecule has 5 rings (SSSR count). The van der Waals surface area contributed by atoms with Crippen LogP contribution in [-0.4, -0.2) is 20.3 Å². The Morgan fingerprint density at radius 1 is 1.08 bits per heavy atom. The minimum absolute atomic E-state index is 0.176. The molecule has 2 aromatic heterocycles. The van der Waals surface area contributed by atoms with Crippen LogP contribution in [-0.2, 0) is 11.3 Å². The predicted molar refractivity (Wildman–Crippen MR) is 143 cm³/mol. The second-order valence-electron chi connectivity index (χ2n) is 8.76. The Morgan fingerprint density at radius 3 is 2.50 bits per heavy atom. The minimum Gasteiger partial charge on any atom is -0.322 e. The van der Waals surface area contributed by atoms with E-state index in [9.17, 15) is 9.59 Å². The van der Waals surface area contributed by atoms with Crippen LogP contribution in [0.15, 0.2) is 81.9 Å². The van der Waals surface area contributed by atoms with Gasteiger partial charge in [0.2, 0.25) is 0 Å². The summed E-state index contributed by atoms with van der Waals surface area (Å²) in [6, 6.07) is 16.7. The summed E-state index contributed by atoms with van der Waals surface area (Å²) in [4.78, 5) is 32.7. The number of nitrogens with zero attached hydrogens (tertiary/aromatic N) is 4. The molecule has 0 aliphatic carbocycles. The molecular weight excluding hydrogens is 470 g/mol. The Balaban J connectivity index is 1.67. The van der Waals surface area contributed by atoms with E-state index in [1.807, 2.05) is 93.1 Å². The largest absolute Gasteiger partial charge is 0.322 e. The summed E-state index contributed by atoms with van der Waals surface area (Å²) in [5, 5.41) is 7.43. The van der Waals surface area contributed by atoms with Gasteiger partial charge >= 0.3 is 0 Å². The van der Waals surface area contributed by atoms with Crippen molar-refractivity contribution < 1.29 is 4.79 Å². The van der Waals surface area contributed by atoms with E-state index in [4.69, 9.17) is 4.99 Å². The van der Waals surface area contributed by atoms with Crippen LogP contribution in [0.2, 0.25) is 0 Å². The maximum atomic E-state index is 13.8. The van der Waals surface area contributed by atoms with Crippen LogP contribution in [0.25, 0.3) is 6.08 Å². The lowest BCUT2D eigenvalue weighted by Crippen LogP contribution is -2.40. The van der Waals surface area contributed by atoms with Crippen molar-refractivity contribution in [3.05, 3.63) is 114 Å². The molecule has 8 heteroatoms. The number of amides is 1. The van der Waals surface area contributed by atoms with Crippen molar-refractivity contribution >= 4 is 29.0 Å². The number of fused-ring (bicyclic) bond motifs is 1. The smallest absolute Gasteiger partial charge is 0.271 e. The number of carbonyl (C=O) groups excluding carboxylic acids is 1. The van der Waals surface area contributed by atoms with Gasteiger partial charge in [-0.05, 0) is 51.0 Å². The van der Waals surface area contributed by atoms with Gasteiger partial charge in [0.15, 0.2) is 4.80 Å². The average Bonchev–Trinajstić information content (AvgIpc) is 3.38. The first-order valence-electron chi connectivity index (χ1n) is 11.9. The highest BCUT2D eigenvalue weighted by atomic mass is 32.1. The molecule has 0 spiro atoms. The van der Waals surface area contributed by atoms with Crippen LogP contribution in [0, 0.1) is 13.8 Å². The molecular formula is C28H27N5O2S. The Kier molecular flexibility index (Phi) is 6.28. The lowest BCUT2D eigenvalue weighted by Gasteiger charge is -2.25. The van der Waals surface area contributed by atoms with Crippen molar-refractivity contribution in [3.8, 4) is 0 Å². The standard InChI is InChI=1S/C28H27N5O2S/c1-5-32-19(4)21(16-29-32)15-23-27(35)33-25(20-12-7-6-8-13-20)24(18(3)30-28(33)36-23)26(34)31-22-14-10-9-11-17(22)2/h6-16,25H,5H2,1-4H3,(H,31,34)/b23-15+. The van der Waals surface area contributed by atoms with Gasteiger partial charge in [-0.1, -0.05) is 59.9 Å². The van der Waals surface area contributed by atoms with E-state index >= 15 is 0 Å². The fraction of sp³-hybridized carbons (Fsp3) is 0.214. The summed E-state index contributed by atoms with van der Waals surface area (Å²) in [6.07, 6.45) is 3.64. The van der Waals surface area contributed by atoms with Crippen molar-refractivity contribution in [1.29, 1.82) is 0 Å². The first kappa shape index (κ1) is 23.7. The van der Waals surface area contributed by atoms with Crippen molar-refractivity contribution in [2.24, 2.45) is 4.99 Å². The molecule has 7 nitrogen and oxygen atoms in total. The SMILES string of the molecule is CCn1ncc(/C=c2/sc3n(c2=O)C(c2ccccc2)C(C(=O)Nc2ccccc2C)=C(C)N=3)c1C. The van der Waals surface area contributed by atoms with Crippen LogP contribution in [0.5, 0.6) is 0 Å². The number of aryl methyl sites for hydroxylation is 2. The van der Waals surface area contributed by atoms with Crippen molar-refractivity contribution in [3.63, 3.8) is 0 Å². The molecule has 0 saturated heterocycles. The zero-order valence-electron chi connectivity index (χ0n) is 20.6. The Bertz CT molecular complexity index is 1670. The monoisotopic (exact) mass is 497 g/mol. The van der Waals surface area contributed by atoms with E-state index in [0.717, 1.165) is 34.6 Å². The Hall–Kier alpha value is -4.04. The number of hydrogen-bond acceptors (Lipinski definition) is 5. The zero-order valence-corrected chi connectivity index (χ0v) is 21.5. The quantitative estimate of drug-likeness (QED) is 0.457. The van der Waals surface area contributed by atoms with Crippen LogP contribution >= 0.6 is 11.3 Å². The molecule has 4 aromatic rings. The van der Waals surface area contributed by atoms with Crippen molar-refractivity contribution in [1.82, 2.24) is 14.3 Å². The number of allylic oxidation sites excluding steroid dienone is 1. The van der Waals surface area contributed by atoms with Crippen LogP contribution in [0.3, 0.4) is 0 Å². The summed E-state index contributed by atoms with van der Waals surface area (Å²) in [5.41, 5.74) is 5.31. The lowest BCUT2D eigenvalue weighted by atomic mass is 9.95. The highest BCUT2D eigenvalue weighted by Gasteiger charge is 2.32. The van der Waals surface area contributed by atoms with Gasteiger partial charge in [-0.2, -0.15) is 5.10 Å². The van der Waals surface area contributed by atoms with Gasteiger partial charge in [-0.3, -0.25) is 18.8 Å². The van der Waals surface area contributed by atoms with Gasteiger partial charge in [0.1, 0.15) is 0 Å². The number of nitrogens with one attached hydrogen (secondary N) is 1. The van der Waals surface area contributed by atoms with E-state index < -0.39 is 6.04 Å². The van der Waals surface area contributed by atoms with Gasteiger partial charge < -0.3 is 5.32 Å². The fourth-order valence-corrected chi connectivity index (χ4v) is 5.57. The molecule has 0 bridgehead atoms. The molecule has 1 amide bonds. The van der Waals surface area contributed by atoms with E-state index in [1.54, 1.807) is 10.8 Å². The molecule has 0 radical (unpaired) electrons. The summed E-state index contributed by atoms with van der Waals surface area (Å²) in [7, 11) is 0. The van der Waals surface area contributed by atoms with Crippen molar-refractivity contribution in [2.75, 3.05) is 5.32 Å². The summed E-state index contributed by atoms with van der Waals surface area (Å²) in [5.74, 6) is -0.270. The molecule has 1 unspecified atom stereocenters. The first-order chi connectivity index (χ1) is 17.4. The topological polar surface area (TPSA) is 81.3 Å². The number of carbonyl (C=O) groups is 1. The molecule has 0 fully saturated rings. The highest BCUT2D eigenvalue weighted by Crippen LogP contribution is 2.31. The third-order valence-electron chi connectivity index (χ3n) is 6.50. The van der Waals surface area contributed by atoms with Gasteiger partial charge in [0.25, 0.3) is 11.5 Å². The van der Waals surface area contributed by atoms with Crippen LogP contribution < -0.4 is 20.2 Å². The van der Waals surface area contributed by atoms with E-state index in [1.165, 1.54) is 11.3 Å². The van der Waals surface area contributed by atoms with Gasteiger partial charge in [-0.25, -0.2) is 4.99 Å². The number of rotatable bonds is 5. The summed E-state index contributed by atoms with van der Waals surface area (Å²) in [6.45, 7) is 8.56. The second kappa shape index (κ2) is 9.54. The average molecular weight is 498 g/mol. The molecule has 36 heavy (non-hydrogen) atoms. The lowest BCUT2D eigenvalue weighted by molar-refractivity contribution is -0.113. The molecule has 2 aromatic carbocycles. The highest BCUT2D eigenvalue weighted by molar-refractivity contribution is 7.07. The molecule has 1 atom stereocenters. The number of para-hydroxylation sites is 1. The van der Waals surface area contributed by atoms with Gasteiger partial charge in [0.05, 0.1) is 28.0 Å². The number of hydrogen-bond donors (Lipinski definition) is 1. The van der Waals surface area contributed by atoms with E-state index in [2.05, 4.69) is 10.4 Å². The number of anilines is 1. The molecule has 3 heterocycles. The summed E-state index contributed by atoms with van der Waals surface area (Å²) < 4.78 is 4.10. The van der Waals surface area contributed by atoms with Crippen LogP contribution in [0.4, 0.5) is 5.69 Å². The van der Waals surface area contributed by atoms with Gasteiger partial charge in [0, 0.05) is 23.5 Å². The Labute approximate surface area is 212 Å². The molecule has 182 valence electrons. The zero-order chi connectivity index (χ0) is 25.4. The number of benzene rings is 2. The van der Waals surface area contributed by atoms with Gasteiger partial charge in [-0.15, -0.1) is 0 Å². The third kappa shape index (κ3) is 4.13. The molecule has 1 aliphatic rings. The van der Waals surface area contributed by atoms with E-state index in [-0.39, 0.29) is 11.5 Å². The minimum atomic E-state index is -0.590. The maximum Gasteiger partial charge on any atom is 0.271 e. The number of aromatic nitrogens is 3. The third-order valence-corrected chi connectivity index (χ3v) is 7.49. The maximum absolute atomic E-state index is 13.8. The number of thiazole rings is 1. The molecule has 1 aliphatic heterocycles. The van der Waals surface area contributed by atoms with E-state index in [0.29, 0.717) is 20.6 Å². The Morgan fingerprint density at radius 2 is 1.81 bits per heavy atom. The van der Waals surface area contributed by atoms with Crippen molar-refractivity contribution in [2.45, 2.75) is 40.3 Å². The molecule has 1 N–H and O–H groups in total. The first-order valence-corrected chi connectivity index (χ1v) is 12.7.